The van der Waals surface area contributed by atoms with E-state index in [1.165, 1.54) is 0 Å². The Morgan fingerprint density at radius 2 is 1.97 bits per heavy atom. The molecule has 1 radical (unpaired) electrons. The number of halogens is 1. The number of carbonyl (C=O) groups is 1. The topological polar surface area (TPSA) is 62.4 Å². The molecule has 2 aromatic rings. The van der Waals surface area contributed by atoms with Crippen LogP contribution in [0.1, 0.15) is 68.2 Å². The molecule has 5 nitrogen and oxygen atoms in total. The van der Waals surface area contributed by atoms with E-state index >= 15 is 0 Å². The van der Waals surface area contributed by atoms with Crippen molar-refractivity contribution in [3.8, 4) is 12.3 Å². The van der Waals surface area contributed by atoms with Crippen molar-refractivity contribution in [1.29, 1.82) is 0 Å². The SMILES string of the molecule is [B]=C(NC1(c2cc(Cl)cc(CO/C(C)=C\C)c2)CC1)c1ccccc1CNC(=O)C(NCC#C)=C1CCC1. The maximum atomic E-state index is 13.0. The Hall–Kier alpha value is -3.43. The third kappa shape index (κ3) is 6.71. The quantitative estimate of drug-likeness (QED) is 0.158. The Morgan fingerprint density at radius 1 is 1.21 bits per heavy atom. The number of allylic oxidation sites excluding steroid dienone is 3. The van der Waals surface area contributed by atoms with Crippen molar-refractivity contribution in [1.82, 2.24) is 16.0 Å². The molecule has 2 aliphatic rings. The van der Waals surface area contributed by atoms with Crippen molar-refractivity contribution >= 4 is 30.6 Å². The van der Waals surface area contributed by atoms with E-state index in [2.05, 4.69) is 27.9 Å². The van der Waals surface area contributed by atoms with Crippen LogP contribution in [-0.4, -0.2) is 25.5 Å². The van der Waals surface area contributed by atoms with Gasteiger partial charge < -0.3 is 0 Å². The van der Waals surface area contributed by atoms with E-state index in [4.69, 9.17) is 30.2 Å². The molecule has 4 rings (SSSR count). The Bertz CT molecular complexity index is 1310. The van der Waals surface area contributed by atoms with Crippen LogP contribution in [0.3, 0.4) is 0 Å². The van der Waals surface area contributed by atoms with E-state index in [1.807, 2.05) is 56.3 Å². The van der Waals surface area contributed by atoms with Gasteiger partial charge in [-0.25, -0.2) is 0 Å². The van der Waals surface area contributed by atoms with Gasteiger partial charge in [-0.3, -0.25) is 0 Å². The summed E-state index contributed by atoms with van der Waals surface area (Å²) >= 11 is 6.48. The van der Waals surface area contributed by atoms with Gasteiger partial charge in [-0.2, -0.15) is 0 Å². The maximum absolute atomic E-state index is 13.0. The third-order valence-corrected chi connectivity index (χ3v) is 7.38. The van der Waals surface area contributed by atoms with Gasteiger partial charge in [-0.1, -0.05) is 0 Å². The van der Waals surface area contributed by atoms with E-state index in [9.17, 15) is 4.79 Å². The zero-order chi connectivity index (χ0) is 27.1. The van der Waals surface area contributed by atoms with Crippen molar-refractivity contribution in [2.75, 3.05) is 6.54 Å². The number of terminal acetylenes is 1. The van der Waals surface area contributed by atoms with Crippen LogP contribution in [0.15, 0.2) is 65.6 Å². The summed E-state index contributed by atoms with van der Waals surface area (Å²) < 4.78 is 5.80. The zero-order valence-corrected chi connectivity index (χ0v) is 22.9. The second-order valence-corrected chi connectivity index (χ2v) is 10.3. The van der Waals surface area contributed by atoms with Gasteiger partial charge in [0.25, 0.3) is 0 Å². The van der Waals surface area contributed by atoms with Gasteiger partial charge in [0.1, 0.15) is 0 Å². The Balaban J connectivity index is 1.46. The minimum atomic E-state index is -0.281. The molecule has 2 aromatic carbocycles. The Kier molecular flexibility index (Phi) is 9.02. The molecule has 2 aliphatic carbocycles. The summed E-state index contributed by atoms with van der Waals surface area (Å²) in [7, 11) is 6.65. The molecule has 0 saturated heterocycles. The number of ether oxygens (including phenoxy) is 1. The van der Waals surface area contributed by atoms with E-state index in [0.29, 0.717) is 36.0 Å². The average Bonchev–Trinajstić information content (AvgIpc) is 3.67. The molecule has 0 aliphatic heterocycles. The van der Waals surface area contributed by atoms with Gasteiger partial charge in [0.2, 0.25) is 0 Å². The summed E-state index contributed by atoms with van der Waals surface area (Å²) in [6.07, 6.45) is 12.2. The van der Waals surface area contributed by atoms with Crippen LogP contribution in [0.5, 0.6) is 0 Å². The van der Waals surface area contributed by atoms with Crippen molar-refractivity contribution in [3.05, 3.63) is 92.8 Å². The summed E-state index contributed by atoms with van der Waals surface area (Å²) in [5.74, 6) is 3.27. The number of amides is 1. The molecule has 38 heavy (non-hydrogen) atoms. The van der Waals surface area contributed by atoms with E-state index in [-0.39, 0.29) is 11.4 Å². The molecule has 3 N–H and O–H groups in total. The molecule has 1 amide bonds. The molecule has 0 heterocycles. The predicted molar refractivity (Wildman–Crippen MR) is 156 cm³/mol. The van der Waals surface area contributed by atoms with Crippen LogP contribution >= 0.6 is 11.6 Å². The van der Waals surface area contributed by atoms with Crippen molar-refractivity contribution < 1.29 is 9.53 Å². The first-order valence-corrected chi connectivity index (χ1v) is 13.4. The first-order valence-electron chi connectivity index (χ1n) is 13.1. The molecular weight excluding hydrogens is 493 g/mol. The summed E-state index contributed by atoms with van der Waals surface area (Å²) in [5, 5.41) is 10.4. The number of hydrogen-bond acceptors (Lipinski definition) is 4. The molecule has 195 valence electrons. The van der Waals surface area contributed by atoms with Crippen LogP contribution < -0.4 is 16.0 Å². The van der Waals surface area contributed by atoms with Crippen LogP contribution in [0, 0.1) is 12.3 Å². The van der Waals surface area contributed by atoms with E-state index in [0.717, 1.165) is 65.7 Å². The fraction of sp³-hybridized carbons (Fsp3) is 0.355. The van der Waals surface area contributed by atoms with Crippen molar-refractivity contribution in [2.24, 2.45) is 0 Å². The van der Waals surface area contributed by atoms with Gasteiger partial charge >= 0.3 is 232 Å². The molecule has 0 unspecified atom stereocenters. The molecule has 2 saturated carbocycles. The average molecular weight is 527 g/mol. The van der Waals surface area contributed by atoms with Crippen LogP contribution in [0.25, 0.3) is 0 Å². The fourth-order valence-electron chi connectivity index (χ4n) is 4.54. The van der Waals surface area contributed by atoms with Crippen LogP contribution in [-0.2, 0) is 28.2 Å². The first kappa shape index (κ1) is 27.6. The Labute approximate surface area is 232 Å². The van der Waals surface area contributed by atoms with Gasteiger partial charge in [0.05, 0.1) is 0 Å². The molecule has 0 atom stereocenters. The van der Waals surface area contributed by atoms with Gasteiger partial charge in [-0.05, 0) is 0 Å². The van der Waals surface area contributed by atoms with Gasteiger partial charge in [-0.15, -0.1) is 0 Å². The zero-order valence-electron chi connectivity index (χ0n) is 22.1. The molecular formula is C31H34BClN3O2. The monoisotopic (exact) mass is 526 g/mol. The van der Waals surface area contributed by atoms with Crippen LogP contribution in [0.4, 0.5) is 0 Å². The minimum absolute atomic E-state index is 0.142. The van der Waals surface area contributed by atoms with Gasteiger partial charge in [0, 0.05) is 0 Å². The third-order valence-electron chi connectivity index (χ3n) is 7.16. The Morgan fingerprint density at radius 3 is 2.63 bits per heavy atom. The fourth-order valence-corrected chi connectivity index (χ4v) is 4.79. The molecule has 0 bridgehead atoms. The second kappa shape index (κ2) is 12.4. The molecule has 7 heteroatoms. The summed E-state index contributed by atoms with van der Waals surface area (Å²) in [6.45, 7) is 5.01. The molecule has 0 aromatic heterocycles. The predicted octanol–water partition coefficient (Wildman–Crippen LogP) is 4.98. The number of rotatable bonds is 12. The number of nitrogens with one attached hydrogen (secondary N) is 3. The molecule has 2 fully saturated rings. The van der Waals surface area contributed by atoms with Gasteiger partial charge in [0.15, 0.2) is 0 Å². The first-order chi connectivity index (χ1) is 18.3. The van der Waals surface area contributed by atoms with Crippen molar-refractivity contribution in [3.63, 3.8) is 0 Å². The van der Waals surface area contributed by atoms with Crippen molar-refractivity contribution in [2.45, 2.75) is 64.6 Å². The second-order valence-electron chi connectivity index (χ2n) is 9.89. The van der Waals surface area contributed by atoms with E-state index < -0.39 is 0 Å². The number of hydrogen-bond donors (Lipinski definition) is 3. The summed E-state index contributed by atoms with van der Waals surface area (Å²) in [6, 6.07) is 13.9. The van der Waals surface area contributed by atoms with E-state index in [1.54, 1.807) is 0 Å². The number of carbonyl (C=O) groups excluding carboxylic acids is 1. The van der Waals surface area contributed by atoms with Crippen LogP contribution in [0.2, 0.25) is 5.02 Å². The summed E-state index contributed by atoms with van der Waals surface area (Å²) in [4.78, 5) is 13.0. The number of benzene rings is 2. The molecule has 0 spiro atoms. The standard InChI is InChI=1S/C31H34BClN3O2/c1-4-15-34-28(23-10-8-11-23)30(37)35-19-24-9-6-7-12-27(24)29(32)36-31(13-14-31)25-16-22(17-26(33)18-25)20-38-21(3)5-2/h1,5-7,9,12,16-18,34,36H,8,10-11,13-15,19-20H2,2-3H3,(H,35,37)/b21-5-. The normalized spacial score (nSPS) is 15.5. The summed E-state index contributed by atoms with van der Waals surface area (Å²) in [5.41, 5.74) is 5.91.